The van der Waals surface area contributed by atoms with Gasteiger partial charge < -0.3 is 19.1 Å². The fraction of sp³-hybridized carbons (Fsp3) is 0.367. The molecule has 5 rings (SSSR count). The van der Waals surface area contributed by atoms with Crippen molar-refractivity contribution in [1.82, 2.24) is 14.6 Å². The van der Waals surface area contributed by atoms with E-state index in [1.54, 1.807) is 12.1 Å². The number of H-pyrrole nitrogens is 1. The highest BCUT2D eigenvalue weighted by atomic mass is 79.9. The Hall–Kier alpha value is -3.03. The number of hydrogen-bond acceptors (Lipinski definition) is 9. The minimum Gasteiger partial charge on any atom is -0.459 e. The predicted molar refractivity (Wildman–Crippen MR) is 170 cm³/mol. The summed E-state index contributed by atoms with van der Waals surface area (Å²) >= 11 is 9.12. The quantitative estimate of drug-likeness (QED) is 0.171. The fourth-order valence-corrected chi connectivity index (χ4v) is 7.44. The van der Waals surface area contributed by atoms with E-state index in [2.05, 4.69) is 26.0 Å². The van der Waals surface area contributed by atoms with Crippen LogP contribution in [0, 0.1) is 0 Å². The van der Waals surface area contributed by atoms with Gasteiger partial charge in [-0.25, -0.2) is 9.36 Å². The highest BCUT2D eigenvalue weighted by molar-refractivity contribution is 9.11. The molecule has 1 saturated heterocycles. The van der Waals surface area contributed by atoms with E-state index in [9.17, 15) is 24.1 Å². The first kappa shape index (κ1) is 33.3. The Morgan fingerprint density at radius 1 is 1.18 bits per heavy atom. The second kappa shape index (κ2) is 14.6. The zero-order chi connectivity index (χ0) is 32.0. The summed E-state index contributed by atoms with van der Waals surface area (Å²) in [6.45, 7) is -0.385. The van der Waals surface area contributed by atoms with Crippen LogP contribution in [0.1, 0.15) is 49.5 Å². The molecule has 4 atom stereocenters. The first-order valence-electron chi connectivity index (χ1n) is 14.3. The van der Waals surface area contributed by atoms with Crippen molar-refractivity contribution in [3.8, 4) is 5.75 Å². The number of aromatic nitrogens is 2. The topological polar surface area (TPSA) is 158 Å². The number of carbonyl (C=O) groups is 1. The average Bonchev–Trinajstić information content (AvgIpc) is 3.65. The first-order valence-corrected chi connectivity index (χ1v) is 17.1. The molecule has 1 aliphatic heterocycles. The van der Waals surface area contributed by atoms with Crippen molar-refractivity contribution >= 4 is 47.3 Å². The molecule has 3 N–H and O–H groups in total. The number of benzene rings is 2. The standard InChI is InChI=1S/C30H32BrClN3O9P/c31-15-12-21-17-35(29(39)33-27(21)37)26-16-24(36)25(43-26)19-42-45(40,44-23-10-8-22(32)9-11-23)34-30(13-4-5-14-30)28(38)41-18-20-6-2-1-3-7-20/h1-3,6-12,15,17,24-26,36H,4-5,13-14,16,18-19H2,(H,34,40)(H,33,37,39)/t24?,25-,26-,45?/m1/s1. The molecule has 15 heteroatoms. The van der Waals surface area contributed by atoms with Crippen molar-refractivity contribution in [2.75, 3.05) is 6.61 Å². The smallest absolute Gasteiger partial charge is 0.459 e. The number of aliphatic hydroxyl groups is 1. The average molecular weight is 725 g/mol. The van der Waals surface area contributed by atoms with Crippen molar-refractivity contribution in [3.05, 3.63) is 103 Å². The number of carbonyl (C=O) groups excluding carboxylic acids is 1. The van der Waals surface area contributed by atoms with Gasteiger partial charge in [-0.05, 0) is 53.7 Å². The summed E-state index contributed by atoms with van der Waals surface area (Å²) in [6, 6.07) is 15.3. The molecule has 1 aliphatic carbocycles. The maximum absolute atomic E-state index is 14.4. The lowest BCUT2D eigenvalue weighted by atomic mass is 10.00. The van der Waals surface area contributed by atoms with Crippen molar-refractivity contribution in [2.24, 2.45) is 0 Å². The van der Waals surface area contributed by atoms with Crippen molar-refractivity contribution < 1.29 is 33.0 Å². The molecule has 0 amide bonds. The second-order valence-electron chi connectivity index (χ2n) is 10.8. The number of aliphatic hydroxyl groups excluding tert-OH is 1. The van der Waals surface area contributed by atoms with Gasteiger partial charge in [0.05, 0.1) is 18.3 Å². The molecule has 0 spiro atoms. The van der Waals surface area contributed by atoms with Crippen LogP contribution in [-0.2, 0) is 30.0 Å². The molecule has 240 valence electrons. The van der Waals surface area contributed by atoms with Crippen LogP contribution >= 0.6 is 35.3 Å². The summed E-state index contributed by atoms with van der Waals surface area (Å²) in [7, 11) is -4.34. The number of hydrogen-bond donors (Lipinski definition) is 3. The number of nitrogens with one attached hydrogen (secondary N) is 2. The van der Waals surface area contributed by atoms with Gasteiger partial charge in [0.1, 0.15) is 30.2 Å². The Kier molecular flexibility index (Phi) is 10.8. The number of halogens is 2. The van der Waals surface area contributed by atoms with Gasteiger partial charge in [-0.2, -0.15) is 5.09 Å². The molecule has 2 fully saturated rings. The van der Waals surface area contributed by atoms with E-state index >= 15 is 0 Å². The summed E-state index contributed by atoms with van der Waals surface area (Å²) in [5.41, 5.74) is -1.66. The minimum absolute atomic E-state index is 0.0109. The maximum Gasteiger partial charge on any atom is 0.459 e. The Labute approximate surface area is 272 Å². The number of ether oxygens (including phenoxy) is 2. The fourth-order valence-electron chi connectivity index (χ4n) is 5.29. The van der Waals surface area contributed by atoms with E-state index in [-0.39, 0.29) is 24.3 Å². The Morgan fingerprint density at radius 2 is 1.89 bits per heavy atom. The van der Waals surface area contributed by atoms with Crippen LogP contribution in [0.2, 0.25) is 5.02 Å². The first-order chi connectivity index (χ1) is 21.6. The lowest BCUT2D eigenvalue weighted by Crippen LogP contribution is -2.50. The monoisotopic (exact) mass is 723 g/mol. The van der Waals surface area contributed by atoms with Gasteiger partial charge in [0.2, 0.25) is 0 Å². The highest BCUT2D eigenvalue weighted by Gasteiger charge is 2.50. The predicted octanol–water partition coefficient (Wildman–Crippen LogP) is 5.05. The summed E-state index contributed by atoms with van der Waals surface area (Å²) in [5, 5.41) is 14.1. The van der Waals surface area contributed by atoms with E-state index in [1.165, 1.54) is 29.4 Å². The normalized spacial score (nSPS) is 22.3. The van der Waals surface area contributed by atoms with Crippen LogP contribution in [0.25, 0.3) is 6.08 Å². The van der Waals surface area contributed by atoms with E-state index in [0.29, 0.717) is 30.7 Å². The molecule has 2 unspecified atom stereocenters. The SMILES string of the molecule is O=C(OCc1ccccc1)C1(NP(=O)(OC[C@H]2O[C@@H](n3cc(C=CBr)c(=O)[nH]c3=O)CC2O)Oc2ccc(Cl)cc2)CCCC1. The van der Waals surface area contributed by atoms with Crippen LogP contribution in [0.5, 0.6) is 5.75 Å². The summed E-state index contributed by atoms with van der Waals surface area (Å²) in [6.07, 6.45) is 1.71. The van der Waals surface area contributed by atoms with Gasteiger partial charge in [-0.15, -0.1) is 0 Å². The van der Waals surface area contributed by atoms with Crippen LogP contribution in [-0.4, -0.2) is 45.0 Å². The number of aromatic amines is 1. The minimum atomic E-state index is -4.34. The maximum atomic E-state index is 14.4. The van der Waals surface area contributed by atoms with E-state index in [0.717, 1.165) is 10.1 Å². The molecule has 2 aromatic carbocycles. The van der Waals surface area contributed by atoms with Gasteiger partial charge in [0.25, 0.3) is 5.56 Å². The zero-order valence-electron chi connectivity index (χ0n) is 24.0. The number of nitrogens with zero attached hydrogens (tertiary/aromatic N) is 1. The third-order valence-electron chi connectivity index (χ3n) is 7.61. The van der Waals surface area contributed by atoms with Crippen LogP contribution in [0.15, 0.2) is 75.4 Å². The van der Waals surface area contributed by atoms with Crippen molar-refractivity contribution in [2.45, 2.75) is 62.7 Å². The van der Waals surface area contributed by atoms with Crippen LogP contribution in [0.3, 0.4) is 0 Å². The van der Waals surface area contributed by atoms with Crippen molar-refractivity contribution in [3.63, 3.8) is 0 Å². The van der Waals surface area contributed by atoms with Crippen molar-refractivity contribution in [1.29, 1.82) is 0 Å². The van der Waals surface area contributed by atoms with Crippen LogP contribution < -0.4 is 20.9 Å². The molecule has 3 aromatic rings. The molecule has 45 heavy (non-hydrogen) atoms. The van der Waals surface area contributed by atoms with Gasteiger partial charge >= 0.3 is 19.4 Å². The molecule has 0 bridgehead atoms. The third kappa shape index (κ3) is 8.23. The molecule has 0 radical (unpaired) electrons. The lowest BCUT2D eigenvalue weighted by Gasteiger charge is -2.32. The second-order valence-corrected chi connectivity index (χ2v) is 13.4. The number of esters is 1. The number of rotatable bonds is 12. The van der Waals surface area contributed by atoms with Gasteiger partial charge in [0, 0.05) is 17.6 Å². The summed E-state index contributed by atoms with van der Waals surface area (Å²) in [5.74, 6) is -0.422. The molecule has 1 aromatic heterocycles. The molecule has 2 heterocycles. The van der Waals surface area contributed by atoms with Gasteiger partial charge in [-0.3, -0.25) is 23.7 Å². The Bertz CT molecular complexity index is 1680. The Balaban J connectivity index is 1.35. The lowest BCUT2D eigenvalue weighted by molar-refractivity contribution is -0.152. The largest absolute Gasteiger partial charge is 0.459 e. The van der Waals surface area contributed by atoms with Crippen LogP contribution in [0.4, 0.5) is 0 Å². The van der Waals surface area contributed by atoms with Gasteiger partial charge in [0.15, 0.2) is 0 Å². The highest BCUT2D eigenvalue weighted by Crippen LogP contribution is 2.50. The molecule has 1 saturated carbocycles. The molecule has 12 nitrogen and oxygen atoms in total. The van der Waals surface area contributed by atoms with E-state index in [4.69, 9.17) is 30.1 Å². The zero-order valence-corrected chi connectivity index (χ0v) is 27.2. The van der Waals surface area contributed by atoms with E-state index < -0.39 is 55.5 Å². The molecular formula is C30H32BrClN3O9P. The summed E-state index contributed by atoms with van der Waals surface area (Å²) < 4.78 is 38.8. The van der Waals surface area contributed by atoms with Gasteiger partial charge in [-0.1, -0.05) is 70.7 Å². The molecule has 2 aliphatic rings. The summed E-state index contributed by atoms with van der Waals surface area (Å²) in [4.78, 5) is 41.8. The van der Waals surface area contributed by atoms with E-state index in [1.807, 2.05) is 30.3 Å². The third-order valence-corrected chi connectivity index (χ3v) is 9.77. The molecular weight excluding hydrogens is 693 g/mol. The Morgan fingerprint density at radius 3 is 2.58 bits per heavy atom.